The minimum Gasteiger partial charge on any atom is -0.444 e. The fourth-order valence-corrected chi connectivity index (χ4v) is 4.02. The molecule has 2 aliphatic rings. The molecule has 1 amide bonds. The molecule has 0 atom stereocenters. The molecule has 0 aliphatic carbocycles. The van der Waals surface area contributed by atoms with Gasteiger partial charge in [0.05, 0.1) is 11.2 Å². The van der Waals surface area contributed by atoms with Gasteiger partial charge in [0.25, 0.3) is 0 Å². The number of amides is 1. The number of rotatable bonds is 2. The van der Waals surface area contributed by atoms with Gasteiger partial charge in [0, 0.05) is 24.7 Å². The normalized spacial score (nSPS) is 22.1. The Bertz CT molecular complexity index is 754. The Labute approximate surface area is 183 Å². The van der Waals surface area contributed by atoms with Crippen molar-refractivity contribution in [2.24, 2.45) is 0 Å². The van der Waals surface area contributed by atoms with Crippen LogP contribution < -0.4 is 5.46 Å². The maximum atomic E-state index is 12.3. The molecule has 2 saturated heterocycles. The second kappa shape index (κ2) is 7.86. The van der Waals surface area contributed by atoms with Crippen molar-refractivity contribution >= 4 is 34.6 Å². The van der Waals surface area contributed by atoms with Gasteiger partial charge in [-0.05, 0) is 94.8 Å². The molecule has 2 aliphatic heterocycles. The van der Waals surface area contributed by atoms with Crippen molar-refractivity contribution in [3.8, 4) is 0 Å². The van der Waals surface area contributed by atoms with Gasteiger partial charge in [-0.2, -0.15) is 0 Å². The standard InChI is InChI=1S/C21H32BBrN2O4/c1-19(2,3)27-18(26)25-10-8-14(9-11-25)16-12-15(13-17(23)24-16)22-28-20(4,5)21(6,7)29-22/h12-14H,8-11H2,1-7H3. The van der Waals surface area contributed by atoms with E-state index in [2.05, 4.69) is 49.7 Å². The first-order chi connectivity index (χ1) is 13.3. The second-order valence-corrected chi connectivity index (χ2v) is 10.8. The lowest BCUT2D eigenvalue weighted by Gasteiger charge is -2.33. The summed E-state index contributed by atoms with van der Waals surface area (Å²) < 4.78 is 18.7. The van der Waals surface area contributed by atoms with E-state index in [0.717, 1.165) is 28.6 Å². The second-order valence-electron chi connectivity index (χ2n) is 9.98. The molecule has 1 aromatic heterocycles. The molecule has 2 fully saturated rings. The van der Waals surface area contributed by atoms with E-state index in [-0.39, 0.29) is 23.2 Å². The Morgan fingerprint density at radius 2 is 1.72 bits per heavy atom. The van der Waals surface area contributed by atoms with Gasteiger partial charge in [0.15, 0.2) is 0 Å². The molecular weight excluding hydrogens is 435 g/mol. The van der Waals surface area contributed by atoms with Crippen LogP contribution in [0.4, 0.5) is 4.79 Å². The largest absolute Gasteiger partial charge is 0.494 e. The summed E-state index contributed by atoms with van der Waals surface area (Å²) in [6.07, 6.45) is 1.47. The highest BCUT2D eigenvalue weighted by molar-refractivity contribution is 9.10. The van der Waals surface area contributed by atoms with Crippen LogP contribution in [-0.2, 0) is 14.0 Å². The van der Waals surface area contributed by atoms with Gasteiger partial charge in [0.2, 0.25) is 0 Å². The number of nitrogens with zero attached hydrogens (tertiary/aromatic N) is 2. The number of carbonyl (C=O) groups is 1. The molecule has 0 spiro atoms. The zero-order valence-electron chi connectivity index (χ0n) is 18.5. The fourth-order valence-electron chi connectivity index (χ4n) is 3.55. The van der Waals surface area contributed by atoms with Crippen molar-refractivity contribution in [3.05, 3.63) is 22.4 Å². The Hall–Kier alpha value is -1.12. The molecule has 6 nitrogen and oxygen atoms in total. The average Bonchev–Trinajstić information content (AvgIpc) is 2.81. The van der Waals surface area contributed by atoms with Crippen LogP contribution in [0.15, 0.2) is 16.7 Å². The average molecular weight is 467 g/mol. The number of piperidine rings is 1. The van der Waals surface area contributed by atoms with Gasteiger partial charge in [-0.3, -0.25) is 0 Å². The summed E-state index contributed by atoms with van der Waals surface area (Å²) in [4.78, 5) is 18.8. The lowest BCUT2D eigenvalue weighted by atomic mass is 9.78. The Kier molecular flexibility index (Phi) is 6.11. The van der Waals surface area contributed by atoms with E-state index in [1.165, 1.54) is 0 Å². The molecule has 8 heteroatoms. The Morgan fingerprint density at radius 3 is 2.24 bits per heavy atom. The third-order valence-corrected chi connectivity index (χ3v) is 6.33. The molecule has 0 aromatic carbocycles. The fraction of sp³-hybridized carbons (Fsp3) is 0.714. The van der Waals surface area contributed by atoms with E-state index in [1.807, 2.05) is 26.8 Å². The Morgan fingerprint density at radius 1 is 1.17 bits per heavy atom. The van der Waals surface area contributed by atoms with Crippen LogP contribution in [0.2, 0.25) is 0 Å². The van der Waals surface area contributed by atoms with Crippen molar-refractivity contribution in [2.45, 2.75) is 84.0 Å². The SMILES string of the molecule is CC(C)(C)OC(=O)N1CCC(c2cc(B3OC(C)(C)C(C)(C)O3)cc(Br)n2)CC1. The number of hydrogen-bond acceptors (Lipinski definition) is 5. The zero-order chi connectivity index (χ0) is 21.6. The maximum Gasteiger partial charge on any atom is 0.494 e. The predicted molar refractivity (Wildman–Crippen MR) is 117 cm³/mol. The highest BCUT2D eigenvalue weighted by Gasteiger charge is 2.51. The molecular formula is C21H32BBrN2O4. The van der Waals surface area contributed by atoms with Gasteiger partial charge in [-0.1, -0.05) is 0 Å². The zero-order valence-corrected chi connectivity index (χ0v) is 20.1. The van der Waals surface area contributed by atoms with Crippen LogP contribution in [0.3, 0.4) is 0 Å². The summed E-state index contributed by atoms with van der Waals surface area (Å²) in [6.45, 7) is 15.2. The van der Waals surface area contributed by atoms with Gasteiger partial charge >= 0.3 is 13.2 Å². The van der Waals surface area contributed by atoms with Crippen molar-refractivity contribution in [3.63, 3.8) is 0 Å². The first-order valence-corrected chi connectivity index (χ1v) is 11.1. The Balaban J connectivity index is 1.70. The molecule has 0 N–H and O–H groups in total. The number of hydrogen-bond donors (Lipinski definition) is 0. The van der Waals surface area contributed by atoms with Crippen LogP contribution >= 0.6 is 15.9 Å². The minimum atomic E-state index is -0.475. The van der Waals surface area contributed by atoms with E-state index in [4.69, 9.17) is 19.0 Å². The summed E-state index contributed by atoms with van der Waals surface area (Å²) in [5.41, 5.74) is 0.735. The molecule has 3 rings (SSSR count). The van der Waals surface area contributed by atoms with Crippen LogP contribution in [0.5, 0.6) is 0 Å². The number of pyridine rings is 1. The van der Waals surface area contributed by atoms with E-state index in [1.54, 1.807) is 4.90 Å². The van der Waals surface area contributed by atoms with Gasteiger partial charge in [0.1, 0.15) is 10.2 Å². The molecule has 1 aromatic rings. The van der Waals surface area contributed by atoms with Crippen molar-refractivity contribution in [1.29, 1.82) is 0 Å². The summed E-state index contributed by atoms with van der Waals surface area (Å²) in [6, 6.07) is 4.04. The lowest BCUT2D eigenvalue weighted by Crippen LogP contribution is -2.41. The van der Waals surface area contributed by atoms with Crippen LogP contribution in [0.25, 0.3) is 0 Å². The highest BCUT2D eigenvalue weighted by atomic mass is 79.9. The third-order valence-electron chi connectivity index (χ3n) is 5.93. The number of ether oxygens (including phenoxy) is 1. The highest BCUT2D eigenvalue weighted by Crippen LogP contribution is 2.37. The topological polar surface area (TPSA) is 60.9 Å². The van der Waals surface area contributed by atoms with Gasteiger partial charge < -0.3 is 18.9 Å². The summed E-state index contributed by atoms with van der Waals surface area (Å²) in [5, 5.41) is 0. The van der Waals surface area contributed by atoms with Crippen LogP contribution in [0, 0.1) is 0 Å². The van der Waals surface area contributed by atoms with E-state index in [9.17, 15) is 4.79 Å². The number of halogens is 1. The quantitative estimate of drug-likeness (QED) is 0.481. The molecule has 0 radical (unpaired) electrons. The monoisotopic (exact) mass is 466 g/mol. The summed E-state index contributed by atoms with van der Waals surface area (Å²) in [7, 11) is -0.417. The van der Waals surface area contributed by atoms with Crippen molar-refractivity contribution < 1.29 is 18.8 Å². The lowest BCUT2D eigenvalue weighted by molar-refractivity contribution is 0.00578. The van der Waals surface area contributed by atoms with Crippen LogP contribution in [-0.4, -0.2) is 53.0 Å². The van der Waals surface area contributed by atoms with E-state index < -0.39 is 12.7 Å². The van der Waals surface area contributed by atoms with Gasteiger partial charge in [-0.15, -0.1) is 0 Å². The molecule has 160 valence electrons. The van der Waals surface area contributed by atoms with E-state index in [0.29, 0.717) is 13.1 Å². The number of aromatic nitrogens is 1. The molecule has 3 heterocycles. The molecule has 29 heavy (non-hydrogen) atoms. The molecule has 0 bridgehead atoms. The molecule has 0 unspecified atom stereocenters. The summed E-state index contributed by atoms with van der Waals surface area (Å²) >= 11 is 3.55. The van der Waals surface area contributed by atoms with Crippen molar-refractivity contribution in [2.75, 3.05) is 13.1 Å². The first-order valence-electron chi connectivity index (χ1n) is 10.3. The predicted octanol–water partition coefficient (Wildman–Crippen LogP) is 4.26. The van der Waals surface area contributed by atoms with Gasteiger partial charge in [-0.25, -0.2) is 9.78 Å². The number of likely N-dealkylation sites (tertiary alicyclic amines) is 1. The smallest absolute Gasteiger partial charge is 0.444 e. The van der Waals surface area contributed by atoms with E-state index >= 15 is 0 Å². The maximum absolute atomic E-state index is 12.3. The molecule has 0 saturated carbocycles. The third kappa shape index (κ3) is 5.15. The minimum absolute atomic E-state index is 0.240. The van der Waals surface area contributed by atoms with Crippen molar-refractivity contribution in [1.82, 2.24) is 9.88 Å². The summed E-state index contributed by atoms with van der Waals surface area (Å²) in [5.74, 6) is 0.285. The first kappa shape index (κ1) is 22.6. The van der Waals surface area contributed by atoms with Crippen LogP contribution in [0.1, 0.15) is 72.9 Å². The number of carbonyl (C=O) groups excluding carboxylic acids is 1.